The van der Waals surface area contributed by atoms with Gasteiger partial charge in [-0.1, -0.05) is 38.8 Å². The van der Waals surface area contributed by atoms with Gasteiger partial charge in [0.1, 0.15) is 5.75 Å². The van der Waals surface area contributed by atoms with E-state index >= 15 is 0 Å². The molecule has 0 bridgehead atoms. The van der Waals surface area contributed by atoms with Crippen molar-refractivity contribution in [2.75, 3.05) is 13.7 Å². The molecule has 0 aliphatic carbocycles. The van der Waals surface area contributed by atoms with E-state index in [-0.39, 0.29) is 12.0 Å². The van der Waals surface area contributed by atoms with Crippen LogP contribution >= 0.6 is 11.3 Å². The Morgan fingerprint density at radius 2 is 2.04 bits per heavy atom. The molecule has 2 heterocycles. The molecule has 3 nitrogen and oxygen atoms in total. The minimum atomic E-state index is 0.0269. The summed E-state index contributed by atoms with van der Waals surface area (Å²) in [4.78, 5) is 16.9. The van der Waals surface area contributed by atoms with Crippen LogP contribution in [-0.2, 0) is 11.2 Å². The van der Waals surface area contributed by atoms with E-state index in [1.54, 1.807) is 7.11 Å². The number of benzene rings is 1. The second kappa shape index (κ2) is 8.72. The molecule has 140 valence electrons. The largest absolute Gasteiger partial charge is 0.497 e. The van der Waals surface area contributed by atoms with E-state index in [1.165, 1.54) is 16.0 Å². The van der Waals surface area contributed by atoms with E-state index in [0.29, 0.717) is 5.91 Å². The Labute approximate surface area is 161 Å². The predicted octanol–water partition coefficient (Wildman–Crippen LogP) is 5.45. The molecule has 4 heteroatoms. The maximum Gasteiger partial charge on any atom is 0.226 e. The fourth-order valence-corrected chi connectivity index (χ4v) is 4.79. The van der Waals surface area contributed by atoms with Crippen LogP contribution < -0.4 is 4.74 Å². The SMILES string of the molecule is CCCC[C@@H](CC)C(=O)N1CCc2sccc2[C@H]1c1ccc(OC)cc1. The van der Waals surface area contributed by atoms with Gasteiger partial charge in [-0.25, -0.2) is 0 Å². The van der Waals surface area contributed by atoms with E-state index in [2.05, 4.69) is 42.3 Å². The molecule has 1 aliphatic heterocycles. The third-order valence-corrected chi connectivity index (χ3v) is 6.43. The number of hydrogen-bond donors (Lipinski definition) is 0. The zero-order valence-corrected chi connectivity index (χ0v) is 16.8. The van der Waals surface area contributed by atoms with Gasteiger partial charge in [-0.3, -0.25) is 4.79 Å². The van der Waals surface area contributed by atoms with Crippen LogP contribution in [0.15, 0.2) is 35.7 Å². The first-order chi connectivity index (χ1) is 12.7. The van der Waals surface area contributed by atoms with Crippen molar-refractivity contribution in [1.29, 1.82) is 0 Å². The van der Waals surface area contributed by atoms with Gasteiger partial charge in [0.05, 0.1) is 13.2 Å². The van der Waals surface area contributed by atoms with Crippen LogP contribution in [0.5, 0.6) is 5.75 Å². The van der Waals surface area contributed by atoms with Crippen LogP contribution in [0.25, 0.3) is 0 Å². The molecule has 2 atom stereocenters. The van der Waals surface area contributed by atoms with Crippen molar-refractivity contribution in [2.45, 2.75) is 52.0 Å². The van der Waals surface area contributed by atoms with Gasteiger partial charge < -0.3 is 9.64 Å². The summed E-state index contributed by atoms with van der Waals surface area (Å²) in [5.41, 5.74) is 2.47. The number of methoxy groups -OCH3 is 1. The molecular formula is C22H29NO2S. The number of unbranched alkanes of at least 4 members (excludes halogenated alkanes) is 1. The normalized spacial score (nSPS) is 17.7. The lowest BCUT2D eigenvalue weighted by atomic mass is 9.90. The summed E-state index contributed by atoms with van der Waals surface area (Å²) < 4.78 is 5.31. The standard InChI is InChI=1S/C22H29NO2S/c1-4-6-7-16(5-2)22(24)23-14-12-20-19(13-15-26-20)21(23)17-8-10-18(25-3)11-9-17/h8-11,13,15-16,21H,4-7,12,14H2,1-3H3/t16-,21-/m1/s1. The lowest BCUT2D eigenvalue weighted by Crippen LogP contribution is -2.43. The molecule has 1 aromatic carbocycles. The van der Waals surface area contributed by atoms with Crippen LogP contribution in [0.3, 0.4) is 0 Å². The number of carbonyl (C=O) groups excluding carboxylic acids is 1. The van der Waals surface area contributed by atoms with Crippen molar-refractivity contribution in [1.82, 2.24) is 4.90 Å². The number of rotatable bonds is 7. The highest BCUT2D eigenvalue weighted by Crippen LogP contribution is 2.39. The van der Waals surface area contributed by atoms with Gasteiger partial charge in [0, 0.05) is 17.3 Å². The molecule has 2 aromatic rings. The zero-order chi connectivity index (χ0) is 18.5. The maximum atomic E-state index is 13.4. The lowest BCUT2D eigenvalue weighted by molar-refractivity contribution is -0.138. The van der Waals surface area contributed by atoms with Crippen LogP contribution in [-0.4, -0.2) is 24.5 Å². The van der Waals surface area contributed by atoms with Gasteiger partial charge in [-0.15, -0.1) is 11.3 Å². The Balaban J connectivity index is 1.93. The van der Waals surface area contributed by atoms with Crippen LogP contribution in [0.2, 0.25) is 0 Å². The first-order valence-corrected chi connectivity index (χ1v) is 10.6. The molecule has 1 aromatic heterocycles. The van der Waals surface area contributed by atoms with Gasteiger partial charge in [-0.2, -0.15) is 0 Å². The van der Waals surface area contributed by atoms with Gasteiger partial charge in [0.15, 0.2) is 0 Å². The van der Waals surface area contributed by atoms with Crippen molar-refractivity contribution in [3.8, 4) is 5.75 Å². The molecule has 1 aliphatic rings. The quantitative estimate of drug-likeness (QED) is 0.648. The molecule has 0 saturated heterocycles. The van der Waals surface area contributed by atoms with Crippen LogP contribution in [0, 0.1) is 5.92 Å². The molecule has 0 fully saturated rings. The number of hydrogen-bond acceptors (Lipinski definition) is 3. The molecule has 1 amide bonds. The highest BCUT2D eigenvalue weighted by molar-refractivity contribution is 7.10. The lowest BCUT2D eigenvalue weighted by Gasteiger charge is -2.38. The fraction of sp³-hybridized carbons (Fsp3) is 0.500. The van der Waals surface area contributed by atoms with Gasteiger partial charge in [-0.05, 0) is 54.0 Å². The number of thiophene rings is 1. The Hall–Kier alpha value is -1.81. The summed E-state index contributed by atoms with van der Waals surface area (Å²) in [7, 11) is 1.68. The third kappa shape index (κ3) is 3.80. The molecule has 0 saturated carbocycles. The third-order valence-electron chi connectivity index (χ3n) is 5.43. The minimum Gasteiger partial charge on any atom is -0.497 e. The number of carbonyl (C=O) groups is 1. The molecule has 0 unspecified atom stereocenters. The average molecular weight is 372 g/mol. The number of nitrogens with zero attached hydrogens (tertiary/aromatic N) is 1. The van der Waals surface area contributed by atoms with Gasteiger partial charge in [0.25, 0.3) is 0 Å². The van der Waals surface area contributed by atoms with Crippen molar-refractivity contribution >= 4 is 17.2 Å². The van der Waals surface area contributed by atoms with E-state index in [4.69, 9.17) is 4.74 Å². The summed E-state index contributed by atoms with van der Waals surface area (Å²) in [6.07, 6.45) is 5.14. The van der Waals surface area contributed by atoms with Crippen molar-refractivity contribution in [2.24, 2.45) is 5.92 Å². The minimum absolute atomic E-state index is 0.0269. The summed E-state index contributed by atoms with van der Waals surface area (Å²) in [5.74, 6) is 1.30. The van der Waals surface area contributed by atoms with E-state index < -0.39 is 0 Å². The molecule has 3 rings (SSSR count). The summed E-state index contributed by atoms with van der Waals surface area (Å²) >= 11 is 1.81. The number of ether oxygens (including phenoxy) is 1. The Kier molecular flexibility index (Phi) is 6.36. The smallest absolute Gasteiger partial charge is 0.226 e. The summed E-state index contributed by atoms with van der Waals surface area (Å²) in [5, 5.41) is 2.16. The van der Waals surface area contributed by atoms with E-state index in [9.17, 15) is 4.79 Å². The van der Waals surface area contributed by atoms with E-state index in [1.807, 2.05) is 23.5 Å². The predicted molar refractivity (Wildman–Crippen MR) is 108 cm³/mol. The number of fused-ring (bicyclic) bond motifs is 1. The summed E-state index contributed by atoms with van der Waals surface area (Å²) in [6.45, 7) is 5.14. The molecular weight excluding hydrogens is 342 g/mol. The van der Waals surface area contributed by atoms with Gasteiger partial charge >= 0.3 is 0 Å². The highest BCUT2D eigenvalue weighted by atomic mass is 32.1. The molecule has 0 spiro atoms. The molecule has 0 N–H and O–H groups in total. The second-order valence-corrected chi connectivity index (χ2v) is 8.00. The molecule has 0 radical (unpaired) electrons. The fourth-order valence-electron chi connectivity index (χ4n) is 3.89. The monoisotopic (exact) mass is 371 g/mol. The Bertz CT molecular complexity index is 722. The average Bonchev–Trinajstić information content (AvgIpc) is 3.16. The zero-order valence-electron chi connectivity index (χ0n) is 16.0. The van der Waals surface area contributed by atoms with Crippen LogP contribution in [0.1, 0.15) is 61.6 Å². The van der Waals surface area contributed by atoms with E-state index in [0.717, 1.165) is 44.4 Å². The maximum absolute atomic E-state index is 13.4. The van der Waals surface area contributed by atoms with Crippen molar-refractivity contribution in [3.63, 3.8) is 0 Å². The highest BCUT2D eigenvalue weighted by Gasteiger charge is 2.35. The first-order valence-electron chi connectivity index (χ1n) is 9.70. The summed E-state index contributed by atoms with van der Waals surface area (Å²) in [6, 6.07) is 10.4. The second-order valence-electron chi connectivity index (χ2n) is 7.00. The Morgan fingerprint density at radius 3 is 2.69 bits per heavy atom. The van der Waals surface area contributed by atoms with Crippen molar-refractivity contribution < 1.29 is 9.53 Å². The first kappa shape index (κ1) is 19.0. The number of amides is 1. The van der Waals surface area contributed by atoms with Crippen molar-refractivity contribution in [3.05, 3.63) is 51.7 Å². The topological polar surface area (TPSA) is 29.5 Å². The molecule has 26 heavy (non-hydrogen) atoms. The Morgan fingerprint density at radius 1 is 1.27 bits per heavy atom. The van der Waals surface area contributed by atoms with Gasteiger partial charge in [0.2, 0.25) is 5.91 Å². The van der Waals surface area contributed by atoms with Crippen LogP contribution in [0.4, 0.5) is 0 Å².